The number of hydrogen-bond donors (Lipinski definition) is 1. The van der Waals surface area contributed by atoms with Crippen molar-refractivity contribution in [1.82, 2.24) is 15.1 Å². The molecule has 0 aromatic carbocycles. The lowest BCUT2D eigenvalue weighted by atomic mass is 10.3. The van der Waals surface area contributed by atoms with Gasteiger partial charge in [-0.05, 0) is 18.8 Å². The van der Waals surface area contributed by atoms with Gasteiger partial charge in [0.25, 0.3) is 0 Å². The summed E-state index contributed by atoms with van der Waals surface area (Å²) in [4.78, 5) is 0. The zero-order chi connectivity index (χ0) is 9.80. The lowest BCUT2D eigenvalue weighted by Gasteiger charge is -1.98. The van der Waals surface area contributed by atoms with Crippen molar-refractivity contribution in [2.24, 2.45) is 5.92 Å². The SMILES string of the molecule is C=CCNCc1cnn(CC2CC2)c1. The minimum Gasteiger partial charge on any atom is -0.309 e. The van der Waals surface area contributed by atoms with E-state index in [0.717, 1.165) is 25.6 Å². The van der Waals surface area contributed by atoms with Crippen molar-refractivity contribution in [3.05, 3.63) is 30.6 Å². The highest BCUT2D eigenvalue weighted by molar-refractivity contribution is 5.03. The van der Waals surface area contributed by atoms with Gasteiger partial charge in [0.1, 0.15) is 0 Å². The van der Waals surface area contributed by atoms with Gasteiger partial charge in [0.2, 0.25) is 0 Å². The van der Waals surface area contributed by atoms with Gasteiger partial charge in [-0.1, -0.05) is 6.08 Å². The van der Waals surface area contributed by atoms with Gasteiger partial charge in [-0.3, -0.25) is 4.68 Å². The molecule has 14 heavy (non-hydrogen) atoms. The first kappa shape index (κ1) is 9.46. The summed E-state index contributed by atoms with van der Waals surface area (Å²) in [6, 6.07) is 0. The highest BCUT2D eigenvalue weighted by Gasteiger charge is 2.21. The Kier molecular flexibility index (Phi) is 2.99. The van der Waals surface area contributed by atoms with Crippen LogP contribution in [0.3, 0.4) is 0 Å². The molecule has 0 saturated heterocycles. The van der Waals surface area contributed by atoms with E-state index in [4.69, 9.17) is 0 Å². The average molecular weight is 191 g/mol. The van der Waals surface area contributed by atoms with E-state index in [1.165, 1.54) is 18.4 Å². The monoisotopic (exact) mass is 191 g/mol. The summed E-state index contributed by atoms with van der Waals surface area (Å²) in [5, 5.41) is 7.59. The van der Waals surface area contributed by atoms with Gasteiger partial charge < -0.3 is 5.32 Å². The quantitative estimate of drug-likeness (QED) is 0.546. The molecule has 2 rings (SSSR count). The molecule has 1 aliphatic carbocycles. The van der Waals surface area contributed by atoms with E-state index in [0.29, 0.717) is 0 Å². The van der Waals surface area contributed by atoms with Crippen LogP contribution in [0.5, 0.6) is 0 Å². The minimum atomic E-state index is 0.855. The molecule has 0 bridgehead atoms. The summed E-state index contributed by atoms with van der Waals surface area (Å²) in [6.07, 6.45) is 8.70. The Morgan fingerprint density at radius 2 is 2.50 bits per heavy atom. The predicted octanol–water partition coefficient (Wildman–Crippen LogP) is 1.57. The van der Waals surface area contributed by atoms with Crippen LogP contribution in [0.2, 0.25) is 0 Å². The molecule has 0 aliphatic heterocycles. The van der Waals surface area contributed by atoms with Crippen molar-refractivity contribution < 1.29 is 0 Å². The molecule has 1 aliphatic rings. The van der Waals surface area contributed by atoms with Gasteiger partial charge in [-0.2, -0.15) is 5.10 Å². The van der Waals surface area contributed by atoms with Crippen LogP contribution < -0.4 is 5.32 Å². The van der Waals surface area contributed by atoms with Crippen LogP contribution in [0, 0.1) is 5.92 Å². The molecule has 0 spiro atoms. The van der Waals surface area contributed by atoms with Crippen molar-refractivity contribution in [2.45, 2.75) is 25.9 Å². The number of hydrogen-bond acceptors (Lipinski definition) is 2. The molecule has 1 aromatic rings. The van der Waals surface area contributed by atoms with Gasteiger partial charge in [0.15, 0.2) is 0 Å². The summed E-state index contributed by atoms with van der Waals surface area (Å²) >= 11 is 0. The molecule has 1 fully saturated rings. The fraction of sp³-hybridized carbons (Fsp3) is 0.545. The van der Waals surface area contributed by atoms with E-state index in [-0.39, 0.29) is 0 Å². The molecule has 1 aromatic heterocycles. The van der Waals surface area contributed by atoms with Crippen molar-refractivity contribution >= 4 is 0 Å². The Balaban J connectivity index is 1.79. The zero-order valence-electron chi connectivity index (χ0n) is 8.45. The molecule has 1 heterocycles. The van der Waals surface area contributed by atoms with Crippen LogP contribution in [0.1, 0.15) is 18.4 Å². The maximum Gasteiger partial charge on any atom is 0.0534 e. The van der Waals surface area contributed by atoms with Crippen molar-refractivity contribution in [1.29, 1.82) is 0 Å². The van der Waals surface area contributed by atoms with Crippen molar-refractivity contribution in [2.75, 3.05) is 6.54 Å². The lowest BCUT2D eigenvalue weighted by molar-refractivity contribution is 0.562. The third-order valence-corrected chi connectivity index (χ3v) is 2.45. The summed E-state index contributed by atoms with van der Waals surface area (Å²) in [6.45, 7) is 6.50. The molecule has 0 atom stereocenters. The second kappa shape index (κ2) is 4.42. The first-order valence-electron chi connectivity index (χ1n) is 5.21. The molecule has 3 heteroatoms. The topological polar surface area (TPSA) is 29.9 Å². The van der Waals surface area contributed by atoms with Gasteiger partial charge in [-0.15, -0.1) is 6.58 Å². The second-order valence-corrected chi connectivity index (χ2v) is 3.93. The van der Waals surface area contributed by atoms with Gasteiger partial charge in [-0.25, -0.2) is 0 Å². The second-order valence-electron chi connectivity index (χ2n) is 3.93. The third-order valence-electron chi connectivity index (χ3n) is 2.45. The Morgan fingerprint density at radius 1 is 1.64 bits per heavy atom. The maximum absolute atomic E-state index is 4.33. The van der Waals surface area contributed by atoms with Gasteiger partial charge in [0, 0.05) is 31.4 Å². The summed E-state index contributed by atoms with van der Waals surface area (Å²) < 4.78 is 2.06. The highest BCUT2D eigenvalue weighted by Crippen LogP contribution is 2.30. The van der Waals surface area contributed by atoms with Crippen LogP contribution in [0.15, 0.2) is 25.0 Å². The van der Waals surface area contributed by atoms with Crippen molar-refractivity contribution in [3.63, 3.8) is 0 Å². The number of aromatic nitrogens is 2. The van der Waals surface area contributed by atoms with Gasteiger partial charge >= 0.3 is 0 Å². The zero-order valence-corrected chi connectivity index (χ0v) is 8.45. The Hall–Kier alpha value is -1.09. The molecule has 1 N–H and O–H groups in total. The predicted molar refractivity (Wildman–Crippen MR) is 56.9 cm³/mol. The van der Waals surface area contributed by atoms with Crippen LogP contribution in [0.4, 0.5) is 0 Å². The summed E-state index contributed by atoms with van der Waals surface area (Å²) in [5.41, 5.74) is 1.26. The summed E-state index contributed by atoms with van der Waals surface area (Å²) in [7, 11) is 0. The Morgan fingerprint density at radius 3 is 3.21 bits per heavy atom. The van der Waals surface area contributed by atoms with Crippen LogP contribution in [-0.4, -0.2) is 16.3 Å². The molecular formula is C11H17N3. The smallest absolute Gasteiger partial charge is 0.0534 e. The number of nitrogens with zero attached hydrogens (tertiary/aromatic N) is 2. The summed E-state index contributed by atoms with van der Waals surface area (Å²) in [5.74, 6) is 0.892. The highest BCUT2D eigenvalue weighted by atomic mass is 15.3. The standard InChI is InChI=1S/C11H17N3/c1-2-5-12-6-11-7-13-14(9-11)8-10-3-4-10/h2,7,9-10,12H,1,3-6,8H2. The minimum absolute atomic E-state index is 0.855. The Labute approximate surface area is 84.8 Å². The first-order chi connectivity index (χ1) is 6.88. The van der Waals surface area contributed by atoms with Crippen LogP contribution in [-0.2, 0) is 13.1 Å². The van der Waals surface area contributed by atoms with Gasteiger partial charge in [0.05, 0.1) is 6.20 Å². The molecule has 1 saturated carbocycles. The molecule has 3 nitrogen and oxygen atoms in total. The number of rotatable bonds is 6. The number of nitrogens with one attached hydrogen (secondary N) is 1. The van der Waals surface area contributed by atoms with E-state index in [1.807, 2.05) is 12.3 Å². The third kappa shape index (κ3) is 2.70. The fourth-order valence-corrected chi connectivity index (χ4v) is 1.48. The van der Waals surface area contributed by atoms with Crippen molar-refractivity contribution in [3.8, 4) is 0 Å². The lowest BCUT2D eigenvalue weighted by Crippen LogP contribution is -2.11. The molecule has 0 radical (unpaired) electrons. The Bertz CT molecular complexity index is 299. The van der Waals surface area contributed by atoms with E-state index in [1.54, 1.807) is 0 Å². The molecule has 0 unspecified atom stereocenters. The molecule has 76 valence electrons. The van der Waals surface area contributed by atoms with E-state index >= 15 is 0 Å². The van der Waals surface area contributed by atoms with E-state index < -0.39 is 0 Å². The first-order valence-corrected chi connectivity index (χ1v) is 5.21. The maximum atomic E-state index is 4.33. The van der Waals surface area contributed by atoms with E-state index in [2.05, 4.69) is 27.9 Å². The fourth-order valence-electron chi connectivity index (χ4n) is 1.48. The molecule has 0 amide bonds. The van der Waals surface area contributed by atoms with Crippen LogP contribution in [0.25, 0.3) is 0 Å². The molecular weight excluding hydrogens is 174 g/mol. The largest absolute Gasteiger partial charge is 0.309 e. The van der Waals surface area contributed by atoms with Crippen LogP contribution >= 0.6 is 0 Å². The average Bonchev–Trinajstić information content (AvgIpc) is 2.87. The van der Waals surface area contributed by atoms with E-state index in [9.17, 15) is 0 Å². The normalized spacial score (nSPS) is 15.7.